The third kappa shape index (κ3) is 3.85. The second-order valence-electron chi connectivity index (χ2n) is 6.94. The molecule has 0 saturated carbocycles. The number of aromatic nitrogens is 6. The van der Waals surface area contributed by atoms with E-state index in [0.29, 0.717) is 23.4 Å². The SMILES string of the molecule is Clc1c(Cl)[n+](CCn2cnc3ccccc32)cn1CCn1cnc2ccccc21.[Br-]. The van der Waals surface area contributed by atoms with Gasteiger partial charge in [0.05, 0.1) is 47.8 Å². The summed E-state index contributed by atoms with van der Waals surface area (Å²) < 4.78 is 8.21. The van der Waals surface area contributed by atoms with Crippen molar-refractivity contribution >= 4 is 45.3 Å². The van der Waals surface area contributed by atoms with Gasteiger partial charge in [-0.1, -0.05) is 24.3 Å². The lowest BCUT2D eigenvalue weighted by molar-refractivity contribution is -0.695. The first-order valence-corrected chi connectivity index (χ1v) is 10.2. The van der Waals surface area contributed by atoms with Crippen LogP contribution in [0.5, 0.6) is 0 Å². The topological polar surface area (TPSA) is 44.5 Å². The van der Waals surface area contributed by atoms with Crippen LogP contribution in [0.25, 0.3) is 22.1 Å². The van der Waals surface area contributed by atoms with Crippen molar-refractivity contribution in [2.45, 2.75) is 26.2 Å². The molecule has 0 radical (unpaired) electrons. The highest BCUT2D eigenvalue weighted by atomic mass is 79.9. The number of para-hydroxylation sites is 4. The van der Waals surface area contributed by atoms with Crippen LogP contribution in [0.1, 0.15) is 0 Å². The molecule has 5 aromatic rings. The van der Waals surface area contributed by atoms with Crippen molar-refractivity contribution in [2.75, 3.05) is 0 Å². The van der Waals surface area contributed by atoms with Crippen LogP contribution in [-0.2, 0) is 26.2 Å². The van der Waals surface area contributed by atoms with Gasteiger partial charge in [0.1, 0.15) is 13.1 Å². The van der Waals surface area contributed by atoms with E-state index in [1.54, 1.807) is 0 Å². The Morgan fingerprint density at radius 3 is 1.90 bits per heavy atom. The third-order valence-electron chi connectivity index (χ3n) is 5.17. The lowest BCUT2D eigenvalue weighted by Gasteiger charge is -2.03. The Morgan fingerprint density at radius 2 is 1.27 bits per heavy atom. The summed E-state index contributed by atoms with van der Waals surface area (Å²) in [6.45, 7) is 2.94. The quantitative estimate of drug-likeness (QED) is 0.325. The zero-order valence-electron chi connectivity index (χ0n) is 16.0. The largest absolute Gasteiger partial charge is 1.00 e. The van der Waals surface area contributed by atoms with Crippen molar-refractivity contribution in [3.63, 3.8) is 0 Å². The van der Waals surface area contributed by atoms with Gasteiger partial charge in [0.2, 0.25) is 6.33 Å². The highest BCUT2D eigenvalue weighted by molar-refractivity contribution is 6.39. The van der Waals surface area contributed by atoms with Crippen molar-refractivity contribution in [3.8, 4) is 0 Å². The van der Waals surface area contributed by atoms with Crippen LogP contribution < -0.4 is 21.5 Å². The van der Waals surface area contributed by atoms with Gasteiger partial charge in [-0.3, -0.25) is 0 Å². The molecule has 0 bridgehead atoms. The van der Waals surface area contributed by atoms with Crippen molar-refractivity contribution < 1.29 is 21.5 Å². The van der Waals surface area contributed by atoms with Gasteiger partial charge in [-0.15, -0.1) is 0 Å². The van der Waals surface area contributed by atoms with E-state index < -0.39 is 0 Å². The number of benzene rings is 2. The molecule has 0 fully saturated rings. The molecule has 5 rings (SSSR count). The molecule has 6 nitrogen and oxygen atoms in total. The van der Waals surface area contributed by atoms with Crippen LogP contribution in [-0.4, -0.2) is 23.7 Å². The minimum atomic E-state index is 0. The maximum atomic E-state index is 6.49. The van der Waals surface area contributed by atoms with E-state index in [2.05, 4.69) is 31.2 Å². The van der Waals surface area contributed by atoms with Crippen molar-refractivity contribution in [3.05, 3.63) is 77.8 Å². The van der Waals surface area contributed by atoms with E-state index in [0.717, 1.165) is 35.2 Å². The van der Waals surface area contributed by atoms with Crippen LogP contribution in [0.4, 0.5) is 0 Å². The predicted octanol–water partition coefficient (Wildman–Crippen LogP) is 1.19. The van der Waals surface area contributed by atoms with Gasteiger partial charge >= 0.3 is 0 Å². The Bertz CT molecular complexity index is 1210. The van der Waals surface area contributed by atoms with E-state index in [1.807, 2.05) is 64.5 Å². The van der Waals surface area contributed by atoms with Crippen molar-refractivity contribution in [1.29, 1.82) is 0 Å². The Hall–Kier alpha value is -2.35. The smallest absolute Gasteiger partial charge is 0.255 e. The Morgan fingerprint density at radius 1 is 0.733 bits per heavy atom. The summed E-state index contributed by atoms with van der Waals surface area (Å²) in [6, 6.07) is 16.2. The molecule has 30 heavy (non-hydrogen) atoms. The molecule has 0 amide bonds. The van der Waals surface area contributed by atoms with Crippen LogP contribution in [0.2, 0.25) is 10.3 Å². The molecule has 154 valence electrons. The monoisotopic (exact) mass is 504 g/mol. The van der Waals surface area contributed by atoms with E-state index in [-0.39, 0.29) is 17.0 Å². The molecule has 0 unspecified atom stereocenters. The summed E-state index contributed by atoms with van der Waals surface area (Å²) >= 11 is 13.0. The third-order valence-corrected chi connectivity index (χ3v) is 6.06. The van der Waals surface area contributed by atoms with Crippen molar-refractivity contribution in [2.24, 2.45) is 0 Å². The second-order valence-corrected chi connectivity index (χ2v) is 7.65. The van der Waals surface area contributed by atoms with Gasteiger partial charge in [0.15, 0.2) is 0 Å². The van der Waals surface area contributed by atoms with Crippen LogP contribution >= 0.6 is 23.2 Å². The molecule has 0 aliphatic rings. The predicted molar refractivity (Wildman–Crippen MR) is 114 cm³/mol. The summed E-state index contributed by atoms with van der Waals surface area (Å²) in [5.74, 6) is 0. The lowest BCUT2D eigenvalue weighted by Crippen LogP contribution is -3.00. The molecular formula is C21H19BrCl2N6. The molecule has 3 aromatic heterocycles. The van der Waals surface area contributed by atoms with Gasteiger partial charge in [-0.2, -0.15) is 0 Å². The first kappa shape index (κ1) is 20.9. The Kier molecular flexibility index (Phi) is 6.13. The molecule has 2 aromatic carbocycles. The van der Waals surface area contributed by atoms with E-state index in [1.165, 1.54) is 0 Å². The minimum Gasteiger partial charge on any atom is -1.00 e. The number of fused-ring (bicyclic) bond motifs is 2. The second kappa shape index (κ2) is 8.79. The molecule has 0 N–H and O–H groups in total. The first-order valence-electron chi connectivity index (χ1n) is 9.44. The van der Waals surface area contributed by atoms with Crippen molar-refractivity contribution in [1.82, 2.24) is 23.7 Å². The van der Waals surface area contributed by atoms with Gasteiger partial charge in [0, 0.05) is 0 Å². The molecule has 9 heteroatoms. The van der Waals surface area contributed by atoms with Gasteiger partial charge in [0.25, 0.3) is 10.3 Å². The number of imidazole rings is 3. The van der Waals surface area contributed by atoms with Crippen LogP contribution in [0.3, 0.4) is 0 Å². The molecule has 3 heterocycles. The van der Waals surface area contributed by atoms with Crippen LogP contribution in [0, 0.1) is 0 Å². The van der Waals surface area contributed by atoms with Gasteiger partial charge < -0.3 is 26.1 Å². The number of rotatable bonds is 6. The summed E-state index contributed by atoms with van der Waals surface area (Å²) in [7, 11) is 0. The minimum absolute atomic E-state index is 0. The fraction of sp³-hybridized carbons (Fsp3) is 0.190. The normalized spacial score (nSPS) is 11.3. The summed E-state index contributed by atoms with van der Waals surface area (Å²) in [5.41, 5.74) is 4.21. The number of hydrogen-bond donors (Lipinski definition) is 0. The summed E-state index contributed by atoms with van der Waals surface area (Å²) in [5, 5.41) is 1.10. The molecule has 0 saturated heterocycles. The highest BCUT2D eigenvalue weighted by Crippen LogP contribution is 2.20. The molecule has 0 aliphatic carbocycles. The Balaban J connectivity index is 0.00000218. The van der Waals surface area contributed by atoms with Gasteiger partial charge in [-0.05, 0) is 47.5 Å². The zero-order valence-corrected chi connectivity index (χ0v) is 19.1. The molecule has 0 spiro atoms. The standard InChI is InChI=1S/C21H19Cl2N6.BrH/c22-20-21(23)29(12-10-27-14-25-17-6-2-4-8-19(17)27)15-28(20)11-9-26-13-24-16-5-1-3-7-18(16)26;/h1-8,13-15H,9-12H2;1H/q+1;/p-1. The molecule has 0 atom stereocenters. The number of aryl methyl sites for hydroxylation is 4. The highest BCUT2D eigenvalue weighted by Gasteiger charge is 2.20. The number of halogens is 3. The number of hydrogen-bond acceptors (Lipinski definition) is 2. The van der Waals surface area contributed by atoms with E-state index in [9.17, 15) is 0 Å². The maximum Gasteiger partial charge on any atom is 0.255 e. The first-order chi connectivity index (χ1) is 14.2. The summed E-state index contributed by atoms with van der Waals surface area (Å²) in [6.07, 6.45) is 5.70. The fourth-order valence-corrected chi connectivity index (χ4v) is 4.10. The number of nitrogens with zero attached hydrogens (tertiary/aromatic N) is 6. The average Bonchev–Trinajstić information content (AvgIpc) is 3.43. The fourth-order valence-electron chi connectivity index (χ4n) is 3.63. The van der Waals surface area contributed by atoms with Gasteiger partial charge in [-0.25, -0.2) is 19.1 Å². The van der Waals surface area contributed by atoms with E-state index >= 15 is 0 Å². The Labute approximate surface area is 194 Å². The molecule has 0 aliphatic heterocycles. The maximum absolute atomic E-state index is 6.49. The lowest BCUT2D eigenvalue weighted by atomic mass is 10.3. The van der Waals surface area contributed by atoms with E-state index in [4.69, 9.17) is 23.2 Å². The summed E-state index contributed by atoms with van der Waals surface area (Å²) in [4.78, 5) is 8.88. The zero-order chi connectivity index (χ0) is 19.8. The average molecular weight is 506 g/mol. The molecular weight excluding hydrogens is 487 g/mol. The van der Waals surface area contributed by atoms with Crippen LogP contribution in [0.15, 0.2) is 67.5 Å².